The summed E-state index contributed by atoms with van der Waals surface area (Å²) < 4.78 is 0. The minimum absolute atomic E-state index is 0.374. The number of benzene rings is 2. The Hall–Kier alpha value is -2.33. The Morgan fingerprint density at radius 1 is 1.00 bits per heavy atom. The van der Waals surface area contributed by atoms with Gasteiger partial charge in [0.05, 0.1) is 0 Å². The van der Waals surface area contributed by atoms with E-state index in [9.17, 15) is 9.59 Å². The van der Waals surface area contributed by atoms with Gasteiger partial charge in [-0.25, -0.2) is 0 Å². The van der Waals surface area contributed by atoms with Crippen LogP contribution in [0, 0.1) is 13.8 Å². The molecule has 120 valence electrons. The third-order valence-corrected chi connectivity index (χ3v) is 3.75. The summed E-state index contributed by atoms with van der Waals surface area (Å²) >= 11 is 5.91. The van der Waals surface area contributed by atoms with Crippen molar-refractivity contribution in [3.05, 3.63) is 64.2 Å². The standard InChI is InChI=1S/C18H19ClN2O2/c1-12-5-3-6-13(2)16(12)21-18(23)17(22)20-10-9-14-7-4-8-15(19)11-14/h3-8,11H,9-10H2,1-2H3,(H,20,22)(H,21,23). The molecular weight excluding hydrogens is 312 g/mol. The van der Waals surface area contributed by atoms with Gasteiger partial charge in [-0.15, -0.1) is 0 Å². The molecule has 0 aliphatic carbocycles. The van der Waals surface area contributed by atoms with Crippen molar-refractivity contribution >= 4 is 29.1 Å². The van der Waals surface area contributed by atoms with Crippen LogP contribution < -0.4 is 10.6 Å². The van der Waals surface area contributed by atoms with Crippen LogP contribution >= 0.6 is 11.6 Å². The van der Waals surface area contributed by atoms with Gasteiger partial charge in [0.25, 0.3) is 0 Å². The first-order valence-corrected chi connectivity index (χ1v) is 7.75. The zero-order valence-corrected chi connectivity index (χ0v) is 13.9. The van der Waals surface area contributed by atoms with Crippen LogP contribution in [0.4, 0.5) is 5.69 Å². The van der Waals surface area contributed by atoms with E-state index in [0.29, 0.717) is 23.7 Å². The lowest BCUT2D eigenvalue weighted by Gasteiger charge is -2.11. The summed E-state index contributed by atoms with van der Waals surface area (Å²) in [6, 6.07) is 13.1. The molecule has 0 spiro atoms. The van der Waals surface area contributed by atoms with Crippen LogP contribution in [0.25, 0.3) is 0 Å². The lowest BCUT2D eigenvalue weighted by Crippen LogP contribution is -2.36. The summed E-state index contributed by atoms with van der Waals surface area (Å²) in [7, 11) is 0. The smallest absolute Gasteiger partial charge is 0.313 e. The Labute approximate surface area is 140 Å². The van der Waals surface area contributed by atoms with Crippen molar-refractivity contribution < 1.29 is 9.59 Å². The lowest BCUT2D eigenvalue weighted by molar-refractivity contribution is -0.136. The van der Waals surface area contributed by atoms with Crippen molar-refractivity contribution in [2.75, 3.05) is 11.9 Å². The highest BCUT2D eigenvalue weighted by atomic mass is 35.5. The molecule has 0 unspecified atom stereocenters. The van der Waals surface area contributed by atoms with Gasteiger partial charge < -0.3 is 10.6 Å². The van der Waals surface area contributed by atoms with Gasteiger partial charge in [-0.2, -0.15) is 0 Å². The first kappa shape index (κ1) is 17.0. The Morgan fingerprint density at radius 3 is 2.30 bits per heavy atom. The summed E-state index contributed by atoms with van der Waals surface area (Å²) in [4.78, 5) is 23.8. The van der Waals surface area contributed by atoms with E-state index in [0.717, 1.165) is 16.7 Å². The maximum Gasteiger partial charge on any atom is 0.313 e. The number of para-hydroxylation sites is 1. The molecule has 0 bridgehead atoms. The van der Waals surface area contributed by atoms with Crippen LogP contribution in [0.2, 0.25) is 5.02 Å². The summed E-state index contributed by atoms with van der Waals surface area (Å²) in [6.45, 7) is 4.15. The molecule has 2 N–H and O–H groups in total. The number of aryl methyl sites for hydroxylation is 2. The molecule has 4 nitrogen and oxygen atoms in total. The van der Waals surface area contributed by atoms with Gasteiger partial charge in [-0.1, -0.05) is 41.9 Å². The maximum absolute atomic E-state index is 12.0. The summed E-state index contributed by atoms with van der Waals surface area (Å²) in [5.74, 6) is -1.30. The Morgan fingerprint density at radius 2 is 1.65 bits per heavy atom. The summed E-state index contributed by atoms with van der Waals surface area (Å²) in [5, 5.41) is 5.93. The van der Waals surface area contributed by atoms with Crippen LogP contribution in [0.5, 0.6) is 0 Å². The molecule has 0 aliphatic rings. The molecule has 2 amide bonds. The number of hydrogen-bond donors (Lipinski definition) is 2. The number of halogens is 1. The second kappa shape index (κ2) is 7.79. The molecule has 0 aromatic heterocycles. The van der Waals surface area contributed by atoms with Gasteiger partial charge >= 0.3 is 11.8 Å². The summed E-state index contributed by atoms with van der Waals surface area (Å²) in [6.07, 6.45) is 0.614. The number of hydrogen-bond acceptors (Lipinski definition) is 2. The highest BCUT2D eigenvalue weighted by molar-refractivity contribution is 6.39. The van der Waals surface area contributed by atoms with E-state index in [4.69, 9.17) is 11.6 Å². The largest absolute Gasteiger partial charge is 0.347 e. The normalized spacial score (nSPS) is 10.2. The molecule has 23 heavy (non-hydrogen) atoms. The number of carbonyl (C=O) groups is 2. The SMILES string of the molecule is Cc1cccc(C)c1NC(=O)C(=O)NCCc1cccc(Cl)c1. The average Bonchev–Trinajstić information content (AvgIpc) is 2.51. The van der Waals surface area contributed by atoms with Gasteiger partial charge in [-0.3, -0.25) is 9.59 Å². The monoisotopic (exact) mass is 330 g/mol. The number of nitrogens with one attached hydrogen (secondary N) is 2. The zero-order valence-electron chi connectivity index (χ0n) is 13.2. The molecule has 2 aromatic carbocycles. The van der Waals surface area contributed by atoms with Crippen LogP contribution in [-0.2, 0) is 16.0 Å². The predicted molar refractivity (Wildman–Crippen MR) is 92.7 cm³/mol. The molecule has 0 fully saturated rings. The average molecular weight is 331 g/mol. The fourth-order valence-electron chi connectivity index (χ4n) is 2.28. The minimum Gasteiger partial charge on any atom is -0.347 e. The van der Waals surface area contributed by atoms with E-state index in [1.54, 1.807) is 6.07 Å². The van der Waals surface area contributed by atoms with Gasteiger partial charge in [0.1, 0.15) is 0 Å². The minimum atomic E-state index is -0.659. The molecule has 0 saturated heterocycles. The maximum atomic E-state index is 12.0. The Bertz CT molecular complexity index is 708. The molecule has 0 atom stereocenters. The van der Waals surface area contributed by atoms with Crippen molar-refractivity contribution in [3.63, 3.8) is 0 Å². The van der Waals surface area contributed by atoms with E-state index >= 15 is 0 Å². The fourth-order valence-corrected chi connectivity index (χ4v) is 2.49. The van der Waals surface area contributed by atoms with Crippen molar-refractivity contribution in [1.82, 2.24) is 5.32 Å². The Kier molecular flexibility index (Phi) is 5.77. The van der Waals surface area contributed by atoms with Gasteiger partial charge in [0.2, 0.25) is 0 Å². The van der Waals surface area contributed by atoms with E-state index in [1.807, 2.05) is 50.2 Å². The van der Waals surface area contributed by atoms with Gasteiger partial charge in [0, 0.05) is 17.3 Å². The van der Waals surface area contributed by atoms with Crippen LogP contribution in [0.15, 0.2) is 42.5 Å². The number of anilines is 1. The number of carbonyl (C=O) groups excluding carboxylic acids is 2. The second-order valence-corrected chi connectivity index (χ2v) is 5.79. The van der Waals surface area contributed by atoms with Crippen LogP contribution in [0.1, 0.15) is 16.7 Å². The highest BCUT2D eigenvalue weighted by Crippen LogP contribution is 2.19. The lowest BCUT2D eigenvalue weighted by atomic mass is 10.1. The highest BCUT2D eigenvalue weighted by Gasteiger charge is 2.15. The van der Waals surface area contributed by atoms with E-state index in [-0.39, 0.29) is 0 Å². The van der Waals surface area contributed by atoms with Crippen molar-refractivity contribution in [2.45, 2.75) is 20.3 Å². The van der Waals surface area contributed by atoms with E-state index in [1.165, 1.54) is 0 Å². The third-order valence-electron chi connectivity index (χ3n) is 3.51. The van der Waals surface area contributed by atoms with Crippen LogP contribution in [0.3, 0.4) is 0 Å². The van der Waals surface area contributed by atoms with Crippen molar-refractivity contribution in [1.29, 1.82) is 0 Å². The number of amides is 2. The molecule has 0 saturated carbocycles. The predicted octanol–water partition coefficient (Wildman–Crippen LogP) is 3.25. The molecule has 5 heteroatoms. The molecule has 2 rings (SSSR count). The molecular formula is C18H19ClN2O2. The van der Waals surface area contributed by atoms with E-state index < -0.39 is 11.8 Å². The Balaban J connectivity index is 1.87. The van der Waals surface area contributed by atoms with Gasteiger partial charge in [-0.05, 0) is 49.1 Å². The topological polar surface area (TPSA) is 58.2 Å². The third kappa shape index (κ3) is 4.83. The zero-order chi connectivity index (χ0) is 16.8. The molecule has 0 heterocycles. The quantitative estimate of drug-likeness (QED) is 0.845. The second-order valence-electron chi connectivity index (χ2n) is 5.36. The first-order chi connectivity index (χ1) is 11.0. The summed E-state index contributed by atoms with van der Waals surface area (Å²) in [5.41, 5.74) is 3.53. The molecule has 0 aliphatic heterocycles. The van der Waals surface area contributed by atoms with Crippen molar-refractivity contribution in [3.8, 4) is 0 Å². The van der Waals surface area contributed by atoms with E-state index in [2.05, 4.69) is 10.6 Å². The van der Waals surface area contributed by atoms with Crippen LogP contribution in [-0.4, -0.2) is 18.4 Å². The molecule has 2 aromatic rings. The number of rotatable bonds is 4. The molecule has 0 radical (unpaired) electrons. The van der Waals surface area contributed by atoms with Crippen molar-refractivity contribution in [2.24, 2.45) is 0 Å². The first-order valence-electron chi connectivity index (χ1n) is 7.37. The fraction of sp³-hybridized carbons (Fsp3) is 0.222. The van der Waals surface area contributed by atoms with Gasteiger partial charge in [0.15, 0.2) is 0 Å².